The number of amides is 2. The molecule has 0 aromatic heterocycles. The Labute approximate surface area is 144 Å². The minimum absolute atomic E-state index is 0.0233. The molecular formula is C16H22BrN3O3. The third-order valence-electron chi connectivity index (χ3n) is 3.59. The van der Waals surface area contributed by atoms with Gasteiger partial charge >= 0.3 is 0 Å². The second-order valence-corrected chi connectivity index (χ2v) is 6.33. The molecule has 3 N–H and O–H groups in total. The molecule has 1 aromatic rings. The van der Waals surface area contributed by atoms with E-state index >= 15 is 0 Å². The van der Waals surface area contributed by atoms with E-state index in [0.29, 0.717) is 13.2 Å². The summed E-state index contributed by atoms with van der Waals surface area (Å²) in [6.45, 7) is 2.83. The van der Waals surface area contributed by atoms with Crippen molar-refractivity contribution >= 4 is 27.7 Å². The second kappa shape index (κ2) is 8.31. The number of hydrogen-bond acceptors (Lipinski definition) is 4. The molecule has 23 heavy (non-hydrogen) atoms. The van der Waals surface area contributed by atoms with Gasteiger partial charge in [0.15, 0.2) is 0 Å². The van der Waals surface area contributed by atoms with Crippen LogP contribution in [0, 0.1) is 0 Å². The monoisotopic (exact) mass is 383 g/mol. The smallest absolute Gasteiger partial charge is 0.242 e. The number of nitrogens with two attached hydrogens (primary N) is 1. The van der Waals surface area contributed by atoms with Gasteiger partial charge in [0.25, 0.3) is 0 Å². The van der Waals surface area contributed by atoms with E-state index in [0.717, 1.165) is 28.6 Å². The molecule has 0 aliphatic heterocycles. The first-order valence-electron chi connectivity index (χ1n) is 7.72. The molecule has 0 spiro atoms. The third kappa shape index (κ3) is 5.21. The fourth-order valence-electron chi connectivity index (χ4n) is 2.31. The van der Waals surface area contributed by atoms with Crippen LogP contribution in [0.5, 0.6) is 5.75 Å². The number of ether oxygens (including phenoxy) is 1. The van der Waals surface area contributed by atoms with Crippen LogP contribution in [0.1, 0.15) is 25.3 Å². The topological polar surface area (TPSA) is 84.7 Å². The first-order chi connectivity index (χ1) is 11.0. The van der Waals surface area contributed by atoms with Crippen molar-refractivity contribution in [2.75, 3.05) is 19.7 Å². The van der Waals surface area contributed by atoms with Crippen LogP contribution in [-0.4, -0.2) is 42.5 Å². The van der Waals surface area contributed by atoms with Crippen molar-refractivity contribution in [1.82, 2.24) is 10.2 Å². The summed E-state index contributed by atoms with van der Waals surface area (Å²) in [5.74, 6) is 0.350. The number of carbonyl (C=O) groups is 2. The number of benzene rings is 1. The molecule has 2 amide bonds. The molecule has 1 aromatic carbocycles. The van der Waals surface area contributed by atoms with Crippen molar-refractivity contribution in [3.05, 3.63) is 28.2 Å². The Morgan fingerprint density at radius 3 is 2.78 bits per heavy atom. The molecule has 126 valence electrons. The Bertz CT molecular complexity index is 576. The Balaban J connectivity index is 2.09. The highest BCUT2D eigenvalue weighted by Gasteiger charge is 2.33. The number of halogens is 1. The van der Waals surface area contributed by atoms with Crippen molar-refractivity contribution in [3.63, 3.8) is 0 Å². The van der Waals surface area contributed by atoms with Gasteiger partial charge in [0, 0.05) is 22.6 Å². The molecule has 0 radical (unpaired) electrons. The van der Waals surface area contributed by atoms with Crippen molar-refractivity contribution in [2.45, 2.75) is 32.4 Å². The minimum Gasteiger partial charge on any atom is -0.494 e. The molecule has 1 saturated carbocycles. The van der Waals surface area contributed by atoms with E-state index in [4.69, 9.17) is 10.5 Å². The standard InChI is InChI=1S/C16H22BrN3O3/c1-2-23-14-6-3-12(17)7-11(14)10-20(13-4-5-13)16(22)9-19-15(21)8-18/h3,6-7,13H,2,4-5,8-10,18H2,1H3,(H,19,21). The van der Waals surface area contributed by atoms with Gasteiger partial charge in [-0.2, -0.15) is 0 Å². The first kappa shape index (κ1) is 17.7. The first-order valence-corrected chi connectivity index (χ1v) is 8.52. The van der Waals surface area contributed by atoms with Crippen LogP contribution in [0.15, 0.2) is 22.7 Å². The average Bonchev–Trinajstić information content (AvgIpc) is 3.37. The maximum Gasteiger partial charge on any atom is 0.242 e. The largest absolute Gasteiger partial charge is 0.494 e. The number of rotatable bonds is 8. The van der Waals surface area contributed by atoms with Gasteiger partial charge in [-0.25, -0.2) is 0 Å². The second-order valence-electron chi connectivity index (χ2n) is 5.42. The molecule has 1 aliphatic rings. The molecular weight excluding hydrogens is 362 g/mol. The van der Waals surface area contributed by atoms with E-state index < -0.39 is 0 Å². The SMILES string of the molecule is CCOc1ccc(Br)cc1CN(C(=O)CNC(=O)CN)C1CC1. The zero-order chi connectivity index (χ0) is 16.8. The summed E-state index contributed by atoms with van der Waals surface area (Å²) in [6, 6.07) is 6.02. The average molecular weight is 384 g/mol. The Morgan fingerprint density at radius 2 is 2.17 bits per heavy atom. The molecule has 0 saturated heterocycles. The van der Waals surface area contributed by atoms with Gasteiger partial charge in [0.05, 0.1) is 19.7 Å². The van der Waals surface area contributed by atoms with Gasteiger partial charge in [-0.05, 0) is 38.0 Å². The van der Waals surface area contributed by atoms with Crippen LogP contribution in [0.2, 0.25) is 0 Å². The van der Waals surface area contributed by atoms with Gasteiger partial charge in [-0.15, -0.1) is 0 Å². The summed E-state index contributed by atoms with van der Waals surface area (Å²) >= 11 is 3.46. The lowest BCUT2D eigenvalue weighted by Crippen LogP contribution is -2.42. The van der Waals surface area contributed by atoms with Gasteiger partial charge in [0.2, 0.25) is 11.8 Å². The van der Waals surface area contributed by atoms with Crippen LogP contribution in [-0.2, 0) is 16.1 Å². The fourth-order valence-corrected chi connectivity index (χ4v) is 2.71. The fraction of sp³-hybridized carbons (Fsp3) is 0.500. The number of carbonyl (C=O) groups excluding carboxylic acids is 2. The summed E-state index contributed by atoms with van der Waals surface area (Å²) in [6.07, 6.45) is 1.99. The maximum atomic E-state index is 12.4. The van der Waals surface area contributed by atoms with Crippen LogP contribution < -0.4 is 15.8 Å². The number of nitrogens with one attached hydrogen (secondary N) is 1. The molecule has 1 aliphatic carbocycles. The van der Waals surface area contributed by atoms with Crippen molar-refractivity contribution in [1.29, 1.82) is 0 Å². The van der Waals surface area contributed by atoms with Crippen LogP contribution >= 0.6 is 15.9 Å². The van der Waals surface area contributed by atoms with Crippen molar-refractivity contribution in [2.24, 2.45) is 5.73 Å². The predicted molar refractivity (Wildman–Crippen MR) is 90.9 cm³/mol. The molecule has 2 rings (SSSR count). The van der Waals surface area contributed by atoms with Gasteiger partial charge in [0.1, 0.15) is 5.75 Å². The Morgan fingerprint density at radius 1 is 1.43 bits per heavy atom. The Hall–Kier alpha value is -1.60. The lowest BCUT2D eigenvalue weighted by atomic mass is 10.2. The highest BCUT2D eigenvalue weighted by molar-refractivity contribution is 9.10. The van der Waals surface area contributed by atoms with E-state index in [-0.39, 0.29) is 30.9 Å². The van der Waals surface area contributed by atoms with Crippen LogP contribution in [0.4, 0.5) is 0 Å². The van der Waals surface area contributed by atoms with Gasteiger partial charge in [-0.3, -0.25) is 9.59 Å². The molecule has 6 nitrogen and oxygen atoms in total. The van der Waals surface area contributed by atoms with Crippen molar-refractivity contribution in [3.8, 4) is 5.75 Å². The quantitative estimate of drug-likeness (QED) is 0.710. The summed E-state index contributed by atoms with van der Waals surface area (Å²) in [5, 5.41) is 2.54. The molecule has 0 bridgehead atoms. The summed E-state index contributed by atoms with van der Waals surface area (Å²) in [4.78, 5) is 25.5. The minimum atomic E-state index is -0.327. The highest BCUT2D eigenvalue weighted by Crippen LogP contribution is 2.31. The normalized spacial score (nSPS) is 13.5. The maximum absolute atomic E-state index is 12.4. The van der Waals surface area contributed by atoms with Gasteiger partial charge in [-0.1, -0.05) is 15.9 Å². The van der Waals surface area contributed by atoms with Crippen molar-refractivity contribution < 1.29 is 14.3 Å². The van der Waals surface area contributed by atoms with E-state index in [2.05, 4.69) is 21.2 Å². The van der Waals surface area contributed by atoms with Crippen LogP contribution in [0.3, 0.4) is 0 Å². The molecule has 0 heterocycles. The van der Waals surface area contributed by atoms with E-state index in [1.54, 1.807) is 4.90 Å². The molecule has 1 fully saturated rings. The van der Waals surface area contributed by atoms with E-state index in [9.17, 15) is 9.59 Å². The van der Waals surface area contributed by atoms with E-state index in [1.807, 2.05) is 25.1 Å². The molecule has 7 heteroatoms. The number of hydrogen-bond donors (Lipinski definition) is 2. The highest BCUT2D eigenvalue weighted by atomic mass is 79.9. The number of nitrogens with zero attached hydrogens (tertiary/aromatic N) is 1. The summed E-state index contributed by atoms with van der Waals surface area (Å²) in [7, 11) is 0. The predicted octanol–water partition coefficient (Wildman–Crippen LogP) is 1.41. The zero-order valence-electron chi connectivity index (χ0n) is 13.2. The zero-order valence-corrected chi connectivity index (χ0v) is 14.8. The lowest BCUT2D eigenvalue weighted by Gasteiger charge is -2.24. The van der Waals surface area contributed by atoms with Crippen LogP contribution in [0.25, 0.3) is 0 Å². The third-order valence-corrected chi connectivity index (χ3v) is 4.09. The molecule has 0 unspecified atom stereocenters. The van der Waals surface area contributed by atoms with Gasteiger partial charge < -0.3 is 20.7 Å². The lowest BCUT2D eigenvalue weighted by molar-refractivity contribution is -0.133. The molecule has 0 atom stereocenters. The van der Waals surface area contributed by atoms with E-state index in [1.165, 1.54) is 0 Å². The summed E-state index contributed by atoms with van der Waals surface area (Å²) in [5.41, 5.74) is 6.19. The Kier molecular flexibility index (Phi) is 6.41. The summed E-state index contributed by atoms with van der Waals surface area (Å²) < 4.78 is 6.58.